The maximum atomic E-state index is 11.8. The summed E-state index contributed by atoms with van der Waals surface area (Å²) in [6.45, 7) is 0.530. The van der Waals surface area contributed by atoms with Crippen molar-refractivity contribution < 1.29 is 13.2 Å². The van der Waals surface area contributed by atoms with Crippen LogP contribution in [0.1, 0.15) is 32.1 Å². The van der Waals surface area contributed by atoms with E-state index in [1.54, 1.807) is 7.05 Å². The first kappa shape index (κ1) is 13.1. The molecule has 0 saturated heterocycles. The summed E-state index contributed by atoms with van der Waals surface area (Å²) in [7, 11) is 1.66. The Hall–Kier alpha value is -0.940. The minimum atomic E-state index is -4.03. The van der Waals surface area contributed by atoms with E-state index in [1.807, 2.05) is 0 Å². The highest BCUT2D eigenvalue weighted by atomic mass is 19.4. The molecular formula is C10H18F3N3. The van der Waals surface area contributed by atoms with Gasteiger partial charge in [0.05, 0.1) is 0 Å². The summed E-state index contributed by atoms with van der Waals surface area (Å²) < 4.78 is 35.5. The van der Waals surface area contributed by atoms with Crippen molar-refractivity contribution in [2.45, 2.75) is 44.3 Å². The number of halogens is 3. The van der Waals surface area contributed by atoms with Gasteiger partial charge in [-0.05, 0) is 25.7 Å². The van der Waals surface area contributed by atoms with Gasteiger partial charge >= 0.3 is 6.18 Å². The lowest BCUT2D eigenvalue weighted by Crippen LogP contribution is -2.38. The molecule has 0 aromatic rings. The van der Waals surface area contributed by atoms with Crippen LogP contribution in [0, 0.1) is 0 Å². The van der Waals surface area contributed by atoms with Gasteiger partial charge in [-0.15, -0.1) is 0 Å². The summed E-state index contributed by atoms with van der Waals surface area (Å²) in [4.78, 5) is 3.99. The predicted molar refractivity (Wildman–Crippen MR) is 57.4 cm³/mol. The SMILES string of the molecule is CN=C(NCCCCC(F)(F)F)NC1CC1. The monoisotopic (exact) mass is 237 g/mol. The molecule has 0 atom stereocenters. The highest BCUT2D eigenvalue weighted by Crippen LogP contribution is 2.21. The van der Waals surface area contributed by atoms with Crippen LogP contribution >= 0.6 is 0 Å². The molecule has 3 nitrogen and oxygen atoms in total. The van der Waals surface area contributed by atoms with Crippen molar-refractivity contribution in [1.29, 1.82) is 0 Å². The van der Waals surface area contributed by atoms with Gasteiger partial charge in [0.25, 0.3) is 0 Å². The molecule has 1 aliphatic carbocycles. The fourth-order valence-electron chi connectivity index (χ4n) is 1.27. The molecule has 1 saturated carbocycles. The maximum absolute atomic E-state index is 11.8. The van der Waals surface area contributed by atoms with Crippen LogP contribution < -0.4 is 10.6 Å². The molecule has 0 aliphatic heterocycles. The second kappa shape index (κ2) is 5.96. The van der Waals surface area contributed by atoms with Crippen LogP contribution in [0.4, 0.5) is 13.2 Å². The Morgan fingerprint density at radius 2 is 2.00 bits per heavy atom. The van der Waals surface area contributed by atoms with Crippen LogP contribution in [0.15, 0.2) is 4.99 Å². The highest BCUT2D eigenvalue weighted by Gasteiger charge is 2.26. The zero-order valence-corrected chi connectivity index (χ0v) is 9.40. The van der Waals surface area contributed by atoms with Crippen molar-refractivity contribution in [3.8, 4) is 0 Å². The van der Waals surface area contributed by atoms with Crippen molar-refractivity contribution in [3.05, 3.63) is 0 Å². The van der Waals surface area contributed by atoms with Crippen molar-refractivity contribution >= 4 is 5.96 Å². The normalized spacial score (nSPS) is 17.4. The Labute approximate surface area is 93.5 Å². The molecule has 2 N–H and O–H groups in total. The minimum Gasteiger partial charge on any atom is -0.356 e. The molecule has 0 amide bonds. The third-order valence-corrected chi connectivity index (χ3v) is 2.32. The number of hydrogen-bond acceptors (Lipinski definition) is 1. The van der Waals surface area contributed by atoms with Crippen molar-refractivity contribution in [2.24, 2.45) is 4.99 Å². The van der Waals surface area contributed by atoms with Gasteiger partial charge in [-0.2, -0.15) is 13.2 Å². The molecule has 0 aromatic heterocycles. The molecule has 16 heavy (non-hydrogen) atoms. The zero-order valence-electron chi connectivity index (χ0n) is 9.40. The number of nitrogens with zero attached hydrogens (tertiary/aromatic N) is 1. The Balaban J connectivity index is 2.00. The van der Waals surface area contributed by atoms with Gasteiger partial charge in [0, 0.05) is 26.1 Å². The molecule has 0 heterocycles. The summed E-state index contributed by atoms with van der Waals surface area (Å²) >= 11 is 0. The molecule has 6 heteroatoms. The van der Waals surface area contributed by atoms with E-state index in [1.165, 1.54) is 0 Å². The van der Waals surface area contributed by atoms with E-state index >= 15 is 0 Å². The van der Waals surface area contributed by atoms with E-state index in [9.17, 15) is 13.2 Å². The van der Waals surface area contributed by atoms with E-state index < -0.39 is 12.6 Å². The molecule has 1 rings (SSSR count). The van der Waals surface area contributed by atoms with E-state index in [4.69, 9.17) is 0 Å². The largest absolute Gasteiger partial charge is 0.389 e. The number of guanidine groups is 1. The van der Waals surface area contributed by atoms with Gasteiger partial charge in [0.2, 0.25) is 0 Å². The van der Waals surface area contributed by atoms with Gasteiger partial charge in [-0.1, -0.05) is 0 Å². The number of unbranched alkanes of at least 4 members (excludes halogenated alkanes) is 1. The summed E-state index contributed by atoms with van der Waals surface area (Å²) in [6.07, 6.45) is -1.78. The molecule has 1 fully saturated rings. The quantitative estimate of drug-likeness (QED) is 0.436. The Morgan fingerprint density at radius 1 is 1.31 bits per heavy atom. The van der Waals surface area contributed by atoms with E-state index in [0.29, 0.717) is 25.0 Å². The van der Waals surface area contributed by atoms with Gasteiger partial charge in [-0.25, -0.2) is 0 Å². The standard InChI is InChI=1S/C10H18F3N3/c1-14-9(16-8-4-5-8)15-7-3-2-6-10(11,12)13/h8H,2-7H2,1H3,(H2,14,15,16). The number of alkyl halides is 3. The van der Waals surface area contributed by atoms with Gasteiger partial charge in [0.1, 0.15) is 0 Å². The molecular weight excluding hydrogens is 219 g/mol. The number of nitrogens with one attached hydrogen (secondary N) is 2. The van der Waals surface area contributed by atoms with Crippen LogP contribution in [0.3, 0.4) is 0 Å². The number of rotatable bonds is 5. The lowest BCUT2D eigenvalue weighted by atomic mass is 10.2. The summed E-state index contributed by atoms with van der Waals surface area (Å²) in [6, 6.07) is 0.501. The Bertz CT molecular complexity index is 234. The summed E-state index contributed by atoms with van der Waals surface area (Å²) in [5.74, 6) is 0.689. The summed E-state index contributed by atoms with van der Waals surface area (Å²) in [5.41, 5.74) is 0. The molecule has 94 valence electrons. The smallest absolute Gasteiger partial charge is 0.356 e. The van der Waals surface area contributed by atoms with E-state index in [2.05, 4.69) is 15.6 Å². The third kappa shape index (κ3) is 6.53. The third-order valence-electron chi connectivity index (χ3n) is 2.32. The second-order valence-corrected chi connectivity index (χ2v) is 3.99. The molecule has 1 aliphatic rings. The molecule has 0 aromatic carbocycles. The molecule has 0 unspecified atom stereocenters. The molecule has 0 radical (unpaired) electrons. The van der Waals surface area contributed by atoms with Crippen LogP contribution in [0.2, 0.25) is 0 Å². The Morgan fingerprint density at radius 3 is 2.50 bits per heavy atom. The van der Waals surface area contributed by atoms with E-state index in [0.717, 1.165) is 12.8 Å². The molecule has 0 spiro atoms. The zero-order chi connectivity index (χ0) is 12.0. The van der Waals surface area contributed by atoms with Crippen molar-refractivity contribution in [1.82, 2.24) is 10.6 Å². The number of aliphatic imine (C=N–C) groups is 1. The van der Waals surface area contributed by atoms with Gasteiger partial charge in [0.15, 0.2) is 5.96 Å². The second-order valence-electron chi connectivity index (χ2n) is 3.99. The van der Waals surface area contributed by atoms with Crippen LogP contribution in [-0.4, -0.2) is 31.8 Å². The first-order chi connectivity index (χ1) is 7.51. The summed E-state index contributed by atoms with van der Waals surface area (Å²) in [5, 5.41) is 6.16. The topological polar surface area (TPSA) is 36.4 Å². The van der Waals surface area contributed by atoms with Crippen LogP contribution in [0.5, 0.6) is 0 Å². The van der Waals surface area contributed by atoms with Gasteiger partial charge < -0.3 is 10.6 Å². The van der Waals surface area contributed by atoms with Crippen molar-refractivity contribution in [3.63, 3.8) is 0 Å². The number of hydrogen-bond donors (Lipinski definition) is 2. The minimum absolute atomic E-state index is 0.164. The Kier molecular flexibility index (Phi) is 4.89. The molecule has 0 bridgehead atoms. The van der Waals surface area contributed by atoms with Crippen LogP contribution in [0.25, 0.3) is 0 Å². The van der Waals surface area contributed by atoms with Crippen LogP contribution in [-0.2, 0) is 0 Å². The first-order valence-corrected chi connectivity index (χ1v) is 5.55. The van der Waals surface area contributed by atoms with Crippen molar-refractivity contribution in [2.75, 3.05) is 13.6 Å². The first-order valence-electron chi connectivity index (χ1n) is 5.55. The average molecular weight is 237 g/mol. The van der Waals surface area contributed by atoms with Gasteiger partial charge in [-0.3, -0.25) is 4.99 Å². The lowest BCUT2D eigenvalue weighted by molar-refractivity contribution is -0.135. The predicted octanol–water partition coefficient (Wildman–Crippen LogP) is 2.05. The maximum Gasteiger partial charge on any atom is 0.389 e. The fraction of sp³-hybridized carbons (Fsp3) is 0.900. The fourth-order valence-corrected chi connectivity index (χ4v) is 1.27. The highest BCUT2D eigenvalue weighted by molar-refractivity contribution is 5.80. The average Bonchev–Trinajstić information content (AvgIpc) is 2.97. The van der Waals surface area contributed by atoms with E-state index in [-0.39, 0.29) is 6.42 Å². The lowest BCUT2D eigenvalue weighted by Gasteiger charge is -2.11.